The first-order valence-corrected chi connectivity index (χ1v) is 13.9. The lowest BCUT2D eigenvalue weighted by molar-refractivity contribution is -0.142. The Morgan fingerprint density at radius 2 is 1.92 bits per heavy atom. The number of hydrogen-bond donors (Lipinski definition) is 0. The number of aromatic nitrogens is 5. The van der Waals surface area contributed by atoms with Crippen molar-refractivity contribution in [1.82, 2.24) is 24.3 Å². The number of nitriles is 1. The van der Waals surface area contributed by atoms with Crippen LogP contribution in [0.4, 0.5) is 0 Å². The van der Waals surface area contributed by atoms with E-state index in [1.54, 1.807) is 6.33 Å². The minimum atomic E-state index is -0.460. The van der Waals surface area contributed by atoms with Crippen molar-refractivity contribution in [3.63, 3.8) is 0 Å². The summed E-state index contributed by atoms with van der Waals surface area (Å²) in [7, 11) is 1.43. The quantitative estimate of drug-likeness (QED) is 0.233. The van der Waals surface area contributed by atoms with Crippen molar-refractivity contribution < 1.29 is 9.53 Å². The van der Waals surface area contributed by atoms with Gasteiger partial charge in [-0.3, -0.25) is 9.48 Å². The second kappa shape index (κ2) is 11.8. The van der Waals surface area contributed by atoms with Gasteiger partial charge in [0.1, 0.15) is 12.0 Å². The second-order valence-electron chi connectivity index (χ2n) is 11.0. The normalized spacial score (nSPS) is 15.5. The zero-order valence-corrected chi connectivity index (χ0v) is 23.0. The minimum Gasteiger partial charge on any atom is -0.468 e. The van der Waals surface area contributed by atoms with Gasteiger partial charge in [-0.05, 0) is 48.3 Å². The minimum absolute atomic E-state index is 0.0842. The second-order valence-corrected chi connectivity index (χ2v) is 11.0. The third-order valence-corrected chi connectivity index (χ3v) is 7.91. The van der Waals surface area contributed by atoms with Crippen LogP contribution in [0.2, 0.25) is 0 Å². The highest BCUT2D eigenvalue weighted by atomic mass is 16.5. The summed E-state index contributed by atoms with van der Waals surface area (Å²) in [6.07, 6.45) is 13.5. The lowest BCUT2D eigenvalue weighted by atomic mass is 9.95. The number of rotatable bonds is 10. The monoisotopic (exact) mass is 524 g/mol. The van der Waals surface area contributed by atoms with E-state index in [9.17, 15) is 10.1 Å². The SMILES string of the molecule is COC(=O)C(Cn1ccc2c(-c3cnn([C@H](CC#N)C4CCCC4)c3)ncnc21)c1ccc(CC(C)C)cc1. The van der Waals surface area contributed by atoms with Crippen LogP contribution in [0.1, 0.15) is 69.0 Å². The largest absolute Gasteiger partial charge is 0.468 e. The van der Waals surface area contributed by atoms with E-state index < -0.39 is 5.92 Å². The van der Waals surface area contributed by atoms with E-state index in [1.165, 1.54) is 25.5 Å². The van der Waals surface area contributed by atoms with Gasteiger partial charge in [0.25, 0.3) is 0 Å². The van der Waals surface area contributed by atoms with Crippen molar-refractivity contribution in [3.05, 3.63) is 66.4 Å². The molecule has 0 N–H and O–H groups in total. The lowest BCUT2D eigenvalue weighted by Gasteiger charge is -2.21. The topological polar surface area (TPSA) is 98.6 Å². The van der Waals surface area contributed by atoms with Gasteiger partial charge in [-0.25, -0.2) is 9.97 Å². The Morgan fingerprint density at radius 1 is 1.15 bits per heavy atom. The molecule has 1 aliphatic rings. The molecule has 0 spiro atoms. The van der Waals surface area contributed by atoms with Crippen LogP contribution < -0.4 is 0 Å². The number of fused-ring (bicyclic) bond motifs is 1. The molecule has 0 radical (unpaired) electrons. The molecular formula is C31H36N6O2. The first-order valence-electron chi connectivity index (χ1n) is 13.9. The first-order chi connectivity index (χ1) is 19.0. The Bertz CT molecular complexity index is 1460. The van der Waals surface area contributed by atoms with Crippen LogP contribution in [0.5, 0.6) is 0 Å². The van der Waals surface area contributed by atoms with Crippen LogP contribution in [0.3, 0.4) is 0 Å². The molecule has 1 aliphatic carbocycles. The third kappa shape index (κ3) is 5.73. The number of methoxy groups -OCH3 is 1. The standard InChI is InChI=1S/C31H36N6O2/c1-21(2)16-22-8-10-23(11-9-22)27(31(38)39-3)19-36-15-13-26-29(33-20-34-30(26)36)25-17-35-37(18-25)28(12-14-32)24-6-4-5-7-24/h8-11,13,15,17-18,20-21,24,27-28H,4-7,12,16,19H2,1-3H3/t27?,28-/m1/s1. The Hall–Kier alpha value is -3.99. The van der Waals surface area contributed by atoms with Gasteiger partial charge in [0.15, 0.2) is 0 Å². The van der Waals surface area contributed by atoms with E-state index in [0.717, 1.165) is 47.1 Å². The molecule has 202 valence electrons. The summed E-state index contributed by atoms with van der Waals surface area (Å²) in [5.41, 5.74) is 4.61. The predicted molar refractivity (Wildman–Crippen MR) is 150 cm³/mol. The Labute approximate surface area is 229 Å². The average Bonchev–Trinajstić information content (AvgIpc) is 3.72. The van der Waals surface area contributed by atoms with Gasteiger partial charge >= 0.3 is 5.97 Å². The van der Waals surface area contributed by atoms with Crippen LogP contribution in [0.25, 0.3) is 22.3 Å². The number of carbonyl (C=O) groups excluding carboxylic acids is 1. The highest BCUT2D eigenvalue weighted by molar-refractivity contribution is 5.90. The van der Waals surface area contributed by atoms with Crippen molar-refractivity contribution in [1.29, 1.82) is 5.26 Å². The predicted octanol–water partition coefficient (Wildman–Crippen LogP) is 6.10. The van der Waals surface area contributed by atoms with Gasteiger partial charge in [-0.1, -0.05) is 51.0 Å². The van der Waals surface area contributed by atoms with Crippen molar-refractivity contribution in [2.45, 2.75) is 70.9 Å². The molecule has 1 saturated carbocycles. The molecule has 3 aromatic heterocycles. The summed E-state index contributed by atoms with van der Waals surface area (Å²) in [6, 6.07) is 12.7. The van der Waals surface area contributed by atoms with Crippen LogP contribution in [0, 0.1) is 23.2 Å². The van der Waals surface area contributed by atoms with Gasteiger partial charge in [-0.2, -0.15) is 10.4 Å². The highest BCUT2D eigenvalue weighted by Crippen LogP contribution is 2.37. The summed E-state index contributed by atoms with van der Waals surface area (Å²) in [6.45, 7) is 4.80. The first kappa shape index (κ1) is 26.6. The number of hydrogen-bond acceptors (Lipinski definition) is 6. The average molecular weight is 525 g/mol. The molecule has 5 rings (SSSR count). The summed E-state index contributed by atoms with van der Waals surface area (Å²) >= 11 is 0. The van der Waals surface area contributed by atoms with Gasteiger partial charge in [0.05, 0.1) is 43.5 Å². The summed E-state index contributed by atoms with van der Waals surface area (Å²) in [5, 5.41) is 15.0. The molecule has 3 heterocycles. The van der Waals surface area contributed by atoms with Crippen LogP contribution in [-0.4, -0.2) is 37.4 Å². The van der Waals surface area contributed by atoms with Crippen molar-refractivity contribution >= 4 is 17.0 Å². The van der Waals surface area contributed by atoms with Crippen molar-refractivity contribution in [2.24, 2.45) is 11.8 Å². The zero-order chi connectivity index (χ0) is 27.4. The van der Waals surface area contributed by atoms with E-state index in [0.29, 0.717) is 24.8 Å². The fourth-order valence-corrected chi connectivity index (χ4v) is 5.95. The molecule has 1 aromatic carbocycles. The van der Waals surface area contributed by atoms with Crippen LogP contribution >= 0.6 is 0 Å². The fraction of sp³-hybridized carbons (Fsp3) is 0.452. The smallest absolute Gasteiger partial charge is 0.314 e. The summed E-state index contributed by atoms with van der Waals surface area (Å²) in [4.78, 5) is 22.0. The van der Waals surface area contributed by atoms with Crippen molar-refractivity contribution in [3.8, 4) is 17.3 Å². The zero-order valence-electron chi connectivity index (χ0n) is 23.0. The summed E-state index contributed by atoms with van der Waals surface area (Å²) < 4.78 is 9.13. The third-order valence-electron chi connectivity index (χ3n) is 7.91. The molecule has 1 fully saturated rings. The maximum absolute atomic E-state index is 12.9. The molecule has 0 saturated heterocycles. The number of benzene rings is 1. The molecule has 0 amide bonds. The van der Waals surface area contributed by atoms with Crippen LogP contribution in [-0.2, 0) is 22.5 Å². The Kier molecular flexibility index (Phi) is 8.06. The van der Waals surface area contributed by atoms with E-state index in [4.69, 9.17) is 4.74 Å². The number of nitrogens with zero attached hydrogens (tertiary/aromatic N) is 6. The Balaban J connectivity index is 1.43. The maximum Gasteiger partial charge on any atom is 0.314 e. The van der Waals surface area contributed by atoms with Gasteiger partial charge in [0.2, 0.25) is 0 Å². The van der Waals surface area contributed by atoms with Gasteiger partial charge in [-0.15, -0.1) is 0 Å². The molecule has 2 atom stereocenters. The van der Waals surface area contributed by atoms with E-state index in [-0.39, 0.29) is 12.0 Å². The molecule has 8 nitrogen and oxygen atoms in total. The molecule has 0 bridgehead atoms. The lowest BCUT2D eigenvalue weighted by Crippen LogP contribution is -2.20. The Morgan fingerprint density at radius 3 is 2.62 bits per heavy atom. The molecule has 0 aliphatic heterocycles. The molecular weight excluding hydrogens is 488 g/mol. The van der Waals surface area contributed by atoms with Gasteiger partial charge in [0, 0.05) is 29.9 Å². The van der Waals surface area contributed by atoms with Crippen molar-refractivity contribution in [2.75, 3.05) is 7.11 Å². The van der Waals surface area contributed by atoms with Gasteiger partial charge < -0.3 is 9.30 Å². The van der Waals surface area contributed by atoms with Crippen LogP contribution in [0.15, 0.2) is 55.2 Å². The fourth-order valence-electron chi connectivity index (χ4n) is 5.95. The molecule has 8 heteroatoms. The molecule has 39 heavy (non-hydrogen) atoms. The maximum atomic E-state index is 12.9. The molecule has 4 aromatic rings. The number of carbonyl (C=O) groups is 1. The number of ether oxygens (including phenoxy) is 1. The number of esters is 1. The highest BCUT2D eigenvalue weighted by Gasteiger charge is 2.28. The molecule has 1 unspecified atom stereocenters. The van der Waals surface area contributed by atoms with E-state index in [1.807, 2.05) is 46.0 Å². The van der Waals surface area contributed by atoms with E-state index in [2.05, 4.69) is 47.1 Å². The van der Waals surface area contributed by atoms with E-state index >= 15 is 0 Å². The summed E-state index contributed by atoms with van der Waals surface area (Å²) in [5.74, 6) is 0.315.